The van der Waals surface area contributed by atoms with Crippen molar-refractivity contribution in [3.05, 3.63) is 36.0 Å². The molecule has 4 aliphatic carbocycles. The second-order valence-electron chi connectivity index (χ2n) is 11.5. The van der Waals surface area contributed by atoms with Gasteiger partial charge in [0.1, 0.15) is 5.38 Å². The van der Waals surface area contributed by atoms with E-state index in [1.54, 1.807) is 0 Å². The lowest BCUT2D eigenvalue weighted by molar-refractivity contribution is -0.175. The first-order valence-electron chi connectivity index (χ1n) is 12.6. The Morgan fingerprint density at radius 3 is 2.57 bits per heavy atom. The fraction of sp³-hybridized carbons (Fsp3) is 0.741. The van der Waals surface area contributed by atoms with E-state index < -0.39 is 31.8 Å². The molecular formula is C27H34Cl4O4. The second-order valence-corrected chi connectivity index (χ2v) is 14.3. The van der Waals surface area contributed by atoms with Crippen LogP contribution in [-0.4, -0.2) is 44.7 Å². The Morgan fingerprint density at radius 1 is 1.23 bits per heavy atom. The van der Waals surface area contributed by atoms with E-state index in [1.165, 1.54) is 11.1 Å². The number of aliphatic hydroxyl groups is 1. The molecule has 0 bridgehead atoms. The summed E-state index contributed by atoms with van der Waals surface area (Å²) in [6.45, 7) is 12.3. The van der Waals surface area contributed by atoms with Gasteiger partial charge < -0.3 is 14.6 Å². The predicted octanol–water partition coefficient (Wildman–Crippen LogP) is 6.69. The Morgan fingerprint density at radius 2 is 1.91 bits per heavy atom. The van der Waals surface area contributed by atoms with Gasteiger partial charge in [-0.15, -0.1) is 11.6 Å². The minimum Gasteiger partial charge on any atom is -0.385 e. The van der Waals surface area contributed by atoms with Crippen LogP contribution in [0, 0.1) is 29.1 Å². The van der Waals surface area contributed by atoms with Crippen LogP contribution in [0.4, 0.5) is 0 Å². The van der Waals surface area contributed by atoms with Gasteiger partial charge in [-0.25, -0.2) is 0 Å². The van der Waals surface area contributed by atoms with Crippen molar-refractivity contribution in [1.29, 1.82) is 0 Å². The van der Waals surface area contributed by atoms with Crippen molar-refractivity contribution in [3.8, 4) is 0 Å². The quantitative estimate of drug-likeness (QED) is 0.306. The maximum atomic E-state index is 12.4. The molecule has 35 heavy (non-hydrogen) atoms. The van der Waals surface area contributed by atoms with Crippen molar-refractivity contribution < 1.29 is 19.4 Å². The summed E-state index contributed by atoms with van der Waals surface area (Å²) in [6.07, 6.45) is 8.48. The molecule has 0 unspecified atom stereocenters. The summed E-state index contributed by atoms with van der Waals surface area (Å²) in [5, 5.41) is 11.0. The highest BCUT2D eigenvalue weighted by atomic mass is 35.6. The number of halogens is 4. The summed E-state index contributed by atoms with van der Waals surface area (Å²) >= 11 is 23.6. The first kappa shape index (κ1) is 26.5. The molecule has 4 fully saturated rings. The monoisotopic (exact) mass is 562 g/mol. The van der Waals surface area contributed by atoms with E-state index in [9.17, 15) is 9.90 Å². The van der Waals surface area contributed by atoms with Crippen LogP contribution >= 0.6 is 46.4 Å². The number of carbonyl (C=O) groups is 1. The van der Waals surface area contributed by atoms with E-state index in [1.807, 2.05) is 0 Å². The molecular weight excluding hydrogens is 530 g/mol. The molecule has 1 spiro atoms. The maximum Gasteiger partial charge on any atom is 0.250 e. The number of ether oxygens (including phenoxy) is 2. The number of Topliss-reactive ketones (excluding diaryl/α,β-unsaturated/α-hetero) is 1. The van der Waals surface area contributed by atoms with E-state index in [0.29, 0.717) is 48.9 Å². The van der Waals surface area contributed by atoms with E-state index in [-0.39, 0.29) is 6.42 Å². The number of allylic oxidation sites excluding steroid dienone is 2. The Hall–Kier alpha value is -0.0700. The Balaban J connectivity index is 1.37. The van der Waals surface area contributed by atoms with Crippen LogP contribution in [0.1, 0.15) is 58.3 Å². The third kappa shape index (κ3) is 4.18. The molecule has 1 heterocycles. The lowest BCUT2D eigenvalue weighted by Crippen LogP contribution is -2.54. The fourth-order valence-corrected chi connectivity index (χ4v) is 9.18. The van der Waals surface area contributed by atoms with Crippen LogP contribution in [0.15, 0.2) is 36.0 Å². The average Bonchev–Trinajstić information content (AvgIpc) is 3.34. The molecule has 0 aromatic heterocycles. The van der Waals surface area contributed by atoms with E-state index in [4.69, 9.17) is 55.9 Å². The van der Waals surface area contributed by atoms with Crippen molar-refractivity contribution in [2.75, 3.05) is 13.2 Å². The number of hydrogen-bond acceptors (Lipinski definition) is 4. The van der Waals surface area contributed by atoms with E-state index >= 15 is 0 Å². The van der Waals surface area contributed by atoms with Crippen LogP contribution < -0.4 is 0 Å². The van der Waals surface area contributed by atoms with Gasteiger partial charge in [0.2, 0.25) is 9.58 Å². The van der Waals surface area contributed by atoms with Gasteiger partial charge in [-0.2, -0.15) is 0 Å². The molecule has 0 amide bonds. The molecule has 0 radical (unpaired) electrons. The number of carbonyl (C=O) groups excluding carboxylic acids is 1. The highest BCUT2D eigenvalue weighted by Gasteiger charge is 2.64. The summed E-state index contributed by atoms with van der Waals surface area (Å²) in [5.41, 5.74) is 1.62. The van der Waals surface area contributed by atoms with Gasteiger partial charge in [0.25, 0.3) is 0 Å². The number of rotatable bonds is 4. The van der Waals surface area contributed by atoms with Crippen LogP contribution in [0.25, 0.3) is 0 Å². The number of hydrogen-bond donors (Lipinski definition) is 1. The normalized spacial score (nSPS) is 41.1. The summed E-state index contributed by atoms with van der Waals surface area (Å²) in [6, 6.07) is 0. The lowest BCUT2D eigenvalue weighted by Gasteiger charge is -2.57. The molecule has 1 saturated heterocycles. The molecule has 4 nitrogen and oxygen atoms in total. The van der Waals surface area contributed by atoms with Crippen molar-refractivity contribution in [2.24, 2.45) is 29.1 Å². The Bertz CT molecular complexity index is 965. The first-order chi connectivity index (χ1) is 16.3. The van der Waals surface area contributed by atoms with E-state index in [0.717, 1.165) is 38.5 Å². The molecule has 0 aromatic rings. The Labute approximate surface area is 228 Å². The lowest BCUT2D eigenvalue weighted by atomic mass is 9.49. The minimum atomic E-state index is -2.09. The topological polar surface area (TPSA) is 55.8 Å². The van der Waals surface area contributed by atoms with Gasteiger partial charge in [-0.3, -0.25) is 4.79 Å². The molecule has 3 saturated carbocycles. The smallest absolute Gasteiger partial charge is 0.250 e. The van der Waals surface area contributed by atoms with Gasteiger partial charge in [-0.05, 0) is 67.8 Å². The zero-order valence-electron chi connectivity index (χ0n) is 20.1. The second kappa shape index (κ2) is 9.00. The van der Waals surface area contributed by atoms with Crippen molar-refractivity contribution in [1.82, 2.24) is 0 Å². The SMILES string of the molecule is C=C1C[C@@]2(C)[C@@H](CC[C@@]2(O)C(=C)C[C@H](Cl)C(=O)C(Cl)(Cl)Cl)[C@@H]2CC=C3CC4(CC[C@@H]3[C@@H]12)OCCO4. The third-order valence-corrected chi connectivity index (χ3v) is 10.8. The standard InChI is InChI=1S/C27H34Cl4O4/c1-15-13-24(3)20(7-9-26(24,33)16(2)12-21(28)23(32)27(29,30)31)19-5-4-17-14-25(34-10-11-35-25)8-6-18(17)22(15)19/h4,18-22,33H,1-2,5-14H2,3H3/t18-,19-,20-,21-,22+,24-,26+/m0/s1. The van der Waals surface area contributed by atoms with Crippen molar-refractivity contribution in [3.63, 3.8) is 0 Å². The summed E-state index contributed by atoms with van der Waals surface area (Å²) in [7, 11) is 0. The highest BCUT2D eigenvalue weighted by molar-refractivity contribution is 6.77. The van der Waals surface area contributed by atoms with Crippen LogP contribution in [0.2, 0.25) is 0 Å². The average molecular weight is 564 g/mol. The first-order valence-corrected chi connectivity index (χ1v) is 14.2. The molecule has 8 heteroatoms. The van der Waals surface area contributed by atoms with Gasteiger partial charge in [-0.1, -0.05) is 72.1 Å². The van der Waals surface area contributed by atoms with Crippen LogP contribution in [0.5, 0.6) is 0 Å². The van der Waals surface area contributed by atoms with Gasteiger partial charge in [0, 0.05) is 18.3 Å². The molecule has 1 N–H and O–H groups in total. The zero-order chi connectivity index (χ0) is 25.4. The maximum absolute atomic E-state index is 12.4. The number of fused-ring (bicyclic) bond motifs is 5. The molecule has 0 aromatic carbocycles. The molecule has 194 valence electrons. The van der Waals surface area contributed by atoms with Gasteiger partial charge >= 0.3 is 0 Å². The summed E-state index contributed by atoms with van der Waals surface area (Å²) in [4.78, 5) is 12.4. The van der Waals surface area contributed by atoms with Crippen molar-refractivity contribution in [2.45, 2.75) is 78.8 Å². The highest BCUT2D eigenvalue weighted by Crippen LogP contribution is 2.67. The number of alkyl halides is 4. The predicted molar refractivity (Wildman–Crippen MR) is 140 cm³/mol. The van der Waals surface area contributed by atoms with Gasteiger partial charge in [0.15, 0.2) is 5.79 Å². The fourth-order valence-electron chi connectivity index (χ4n) is 8.27. The summed E-state index contributed by atoms with van der Waals surface area (Å²) in [5.74, 6) is 0.505. The molecule has 7 atom stereocenters. The van der Waals surface area contributed by atoms with Crippen LogP contribution in [-0.2, 0) is 14.3 Å². The molecule has 5 rings (SSSR count). The summed E-state index contributed by atoms with van der Waals surface area (Å²) < 4.78 is 9.93. The van der Waals surface area contributed by atoms with Crippen molar-refractivity contribution >= 4 is 52.2 Å². The van der Waals surface area contributed by atoms with Crippen LogP contribution in [0.3, 0.4) is 0 Å². The zero-order valence-corrected chi connectivity index (χ0v) is 23.2. The third-order valence-electron chi connectivity index (χ3n) is 9.88. The molecule has 5 aliphatic rings. The van der Waals surface area contributed by atoms with Gasteiger partial charge in [0.05, 0.1) is 18.8 Å². The number of ketones is 1. The molecule has 1 aliphatic heterocycles. The van der Waals surface area contributed by atoms with E-state index in [2.05, 4.69) is 26.2 Å². The Kier molecular flexibility index (Phi) is 6.82. The largest absolute Gasteiger partial charge is 0.385 e. The minimum absolute atomic E-state index is 0.0719.